The molecule has 6 rings (SSSR count). The Morgan fingerprint density at radius 3 is 1.78 bits per heavy atom. The zero-order valence-electron chi connectivity index (χ0n) is 31.5. The maximum absolute atomic E-state index is 13.1. The van der Waals surface area contributed by atoms with Gasteiger partial charge in [-0.25, -0.2) is 0 Å². The van der Waals surface area contributed by atoms with Gasteiger partial charge >= 0.3 is 0 Å². The fraction of sp³-hybridized carbons (Fsp3) is 0.571. The van der Waals surface area contributed by atoms with Crippen LogP contribution in [0.5, 0.6) is 0 Å². The average molecular weight is 702 g/mol. The first-order valence-corrected chi connectivity index (χ1v) is 20.2. The van der Waals surface area contributed by atoms with Crippen molar-refractivity contribution < 1.29 is 28.5 Å². The molecule has 0 radical (unpaired) electrons. The number of methoxy groups -OCH3 is 1. The monoisotopic (exact) mass is 701 g/mol. The molecule has 272 valence electrons. The predicted octanol–water partition coefficient (Wildman–Crippen LogP) is 5.82. The minimum atomic E-state index is -3.29. The zero-order valence-corrected chi connectivity index (χ0v) is 32.5. The first-order chi connectivity index (χ1) is 23.6. The molecule has 0 aliphatic carbocycles. The molecule has 1 spiro atoms. The van der Waals surface area contributed by atoms with Crippen molar-refractivity contribution in [3.8, 4) is 0 Å². The molecule has 3 aromatic carbocycles. The van der Waals surface area contributed by atoms with Crippen LogP contribution < -0.4 is 16.1 Å². The Bertz CT molecular complexity index is 1550. The van der Waals surface area contributed by atoms with E-state index >= 15 is 0 Å². The van der Waals surface area contributed by atoms with Crippen LogP contribution in [-0.4, -0.2) is 81.7 Å². The summed E-state index contributed by atoms with van der Waals surface area (Å²) < 4.78 is 31.8. The number of hydrogen-bond acceptors (Lipinski definition) is 7. The highest BCUT2D eigenvalue weighted by molar-refractivity contribution is 6.98. The van der Waals surface area contributed by atoms with Gasteiger partial charge < -0.3 is 34.2 Å². The van der Waals surface area contributed by atoms with Gasteiger partial charge in [0.25, 0.3) is 8.32 Å². The van der Waals surface area contributed by atoms with Crippen LogP contribution in [0.1, 0.15) is 73.3 Å². The summed E-state index contributed by atoms with van der Waals surface area (Å²) in [6.45, 7) is 18.8. The lowest BCUT2D eigenvalue weighted by atomic mass is 9.57. The third-order valence-electron chi connectivity index (χ3n) is 13.3. The number of nitrogens with two attached hydrogens (primary N) is 1. The highest BCUT2D eigenvalue weighted by atomic mass is 28.4. The largest absolute Gasteiger partial charge is 0.424 e. The number of hydrogen-bond donors (Lipinski definition) is 2. The summed E-state index contributed by atoms with van der Waals surface area (Å²) in [7, 11) is -1.52. The van der Waals surface area contributed by atoms with E-state index in [-0.39, 0.29) is 47.4 Å². The summed E-state index contributed by atoms with van der Waals surface area (Å²) in [4.78, 5) is 13.1. The summed E-state index contributed by atoms with van der Waals surface area (Å²) in [5, 5.41) is 1.52. The molecule has 3 fully saturated rings. The second-order valence-corrected chi connectivity index (χ2v) is 20.8. The topological polar surface area (TPSA) is 92.4 Å². The molecule has 3 aliphatic rings. The van der Waals surface area contributed by atoms with E-state index in [9.17, 15) is 4.80 Å². The fourth-order valence-electron chi connectivity index (χ4n) is 9.60. The molecule has 50 heavy (non-hydrogen) atoms. The van der Waals surface area contributed by atoms with Crippen LogP contribution in [0.4, 0.5) is 0 Å². The van der Waals surface area contributed by atoms with Crippen LogP contribution in [-0.2, 0) is 23.7 Å². The molecular weight excluding hydrogens is 643 g/mol. The molecule has 3 aliphatic heterocycles. The van der Waals surface area contributed by atoms with E-state index < -0.39 is 24.4 Å². The van der Waals surface area contributed by atoms with Crippen LogP contribution in [0.3, 0.4) is 0 Å². The molecule has 3 aromatic rings. The molecule has 0 saturated carbocycles. The standard InChI is InChI=1S/C42H59NO6Si/c1-29-42(28-47-29)37(49-40(42,6)7)34(43)26-46-27-35(45-9)41(8)36(48-39(41,4)5)33(30-19-13-10-14-20-30)25-38(2,3)50(44,31-21-15-11-16-22-31)32-23-17-12-18-24-32/h10-24,29,33-37,44H,25-28,43H2,1-9H3/t29-,33+,34+,35+,36+,37+,41?,42?/m1/s1. The average Bonchev–Trinajstić information content (AvgIpc) is 3.10. The summed E-state index contributed by atoms with van der Waals surface area (Å²) in [6, 6.07) is 30.9. The first kappa shape index (κ1) is 37.4. The molecule has 7 nitrogen and oxygen atoms in total. The lowest BCUT2D eigenvalue weighted by molar-refractivity contribution is -0.408. The molecule has 3 heterocycles. The van der Waals surface area contributed by atoms with Gasteiger partial charge in [0.1, 0.15) is 0 Å². The SMILES string of the molecule is CO[C@@H](COC[C@H](N)[C@@H]1OC(C)(C)C12CO[C@@H]2C)C1(C)[C@H]([C@@H](CC(C)(C)[Si](O)(c2ccccc2)c2ccccc2)c2ccccc2)OC1(C)C. The van der Waals surface area contributed by atoms with Crippen molar-refractivity contribution in [1.82, 2.24) is 0 Å². The number of ether oxygens (including phenoxy) is 5. The molecule has 0 bridgehead atoms. The molecule has 8 atom stereocenters. The summed E-state index contributed by atoms with van der Waals surface area (Å²) >= 11 is 0. The normalized spacial score (nSPS) is 30.4. The minimum Gasteiger partial charge on any atom is -0.424 e. The van der Waals surface area contributed by atoms with Crippen LogP contribution >= 0.6 is 0 Å². The molecule has 3 saturated heterocycles. The van der Waals surface area contributed by atoms with E-state index in [4.69, 9.17) is 29.4 Å². The molecule has 0 aromatic heterocycles. The van der Waals surface area contributed by atoms with Crippen LogP contribution in [0.15, 0.2) is 91.0 Å². The maximum atomic E-state index is 13.1. The Balaban J connectivity index is 1.27. The van der Waals surface area contributed by atoms with Crippen LogP contribution in [0, 0.1) is 10.8 Å². The van der Waals surface area contributed by atoms with Gasteiger partial charge in [-0.15, -0.1) is 0 Å². The first-order valence-electron chi connectivity index (χ1n) is 18.3. The quantitative estimate of drug-likeness (QED) is 0.205. The Morgan fingerprint density at radius 1 is 0.820 bits per heavy atom. The Labute approximate surface area is 300 Å². The van der Waals surface area contributed by atoms with Gasteiger partial charge in [0.15, 0.2) is 0 Å². The smallest absolute Gasteiger partial charge is 0.258 e. The highest BCUT2D eigenvalue weighted by Gasteiger charge is 2.71. The van der Waals surface area contributed by atoms with Crippen LogP contribution in [0.2, 0.25) is 5.04 Å². The van der Waals surface area contributed by atoms with E-state index in [1.165, 1.54) is 5.56 Å². The van der Waals surface area contributed by atoms with Gasteiger partial charge in [-0.1, -0.05) is 112 Å². The summed E-state index contributed by atoms with van der Waals surface area (Å²) in [6.07, 6.45) is 0.231. The Morgan fingerprint density at radius 2 is 1.34 bits per heavy atom. The van der Waals surface area contributed by atoms with Crippen molar-refractivity contribution in [3.63, 3.8) is 0 Å². The van der Waals surface area contributed by atoms with Crippen molar-refractivity contribution in [2.75, 3.05) is 26.9 Å². The summed E-state index contributed by atoms with van der Waals surface area (Å²) in [5.74, 6) is -0.0267. The van der Waals surface area contributed by atoms with Gasteiger partial charge in [0.05, 0.1) is 72.3 Å². The van der Waals surface area contributed by atoms with Crippen LogP contribution in [0.25, 0.3) is 0 Å². The zero-order chi connectivity index (χ0) is 36.2. The number of benzene rings is 3. The van der Waals surface area contributed by atoms with Gasteiger partial charge in [0, 0.05) is 13.0 Å². The Hall–Kier alpha value is -2.40. The third kappa shape index (κ3) is 5.75. The second kappa shape index (κ2) is 13.5. The lowest BCUT2D eigenvalue weighted by Gasteiger charge is -2.69. The number of rotatable bonds is 14. The molecular formula is C42H59NO6Si. The maximum Gasteiger partial charge on any atom is 0.258 e. The fourth-order valence-corrected chi connectivity index (χ4v) is 13.4. The molecule has 0 amide bonds. The van der Waals surface area contributed by atoms with Crippen molar-refractivity contribution in [2.45, 2.75) is 114 Å². The van der Waals surface area contributed by atoms with Crippen molar-refractivity contribution in [2.24, 2.45) is 16.6 Å². The van der Waals surface area contributed by atoms with Gasteiger partial charge in [-0.05, 0) is 62.0 Å². The lowest BCUT2D eigenvalue weighted by Crippen LogP contribution is -2.81. The highest BCUT2D eigenvalue weighted by Crippen LogP contribution is 2.61. The van der Waals surface area contributed by atoms with Crippen molar-refractivity contribution in [1.29, 1.82) is 0 Å². The molecule has 8 heteroatoms. The van der Waals surface area contributed by atoms with Gasteiger partial charge in [-0.3, -0.25) is 0 Å². The van der Waals surface area contributed by atoms with E-state index in [2.05, 4.69) is 110 Å². The minimum absolute atomic E-state index is 0.0267. The Kier molecular flexibility index (Phi) is 10.1. The van der Waals surface area contributed by atoms with E-state index in [1.54, 1.807) is 7.11 Å². The van der Waals surface area contributed by atoms with Crippen molar-refractivity contribution >= 4 is 18.7 Å². The molecule has 2 unspecified atom stereocenters. The third-order valence-corrected chi connectivity index (χ3v) is 17.8. The van der Waals surface area contributed by atoms with E-state index in [0.29, 0.717) is 26.2 Å². The van der Waals surface area contributed by atoms with Gasteiger partial charge in [0.2, 0.25) is 0 Å². The van der Waals surface area contributed by atoms with Crippen molar-refractivity contribution in [3.05, 3.63) is 96.6 Å². The summed E-state index contributed by atoms with van der Waals surface area (Å²) in [5.41, 5.74) is 6.67. The molecule has 3 N–H and O–H groups in total. The van der Waals surface area contributed by atoms with E-state index in [1.807, 2.05) is 36.4 Å². The van der Waals surface area contributed by atoms with E-state index in [0.717, 1.165) is 10.4 Å². The predicted molar refractivity (Wildman–Crippen MR) is 201 cm³/mol. The second-order valence-electron chi connectivity index (χ2n) is 16.8. The van der Waals surface area contributed by atoms with Gasteiger partial charge in [-0.2, -0.15) is 0 Å².